The minimum absolute atomic E-state index is 0.0595. The van der Waals surface area contributed by atoms with Crippen molar-refractivity contribution in [3.63, 3.8) is 0 Å². The van der Waals surface area contributed by atoms with Crippen LogP contribution in [-0.2, 0) is 0 Å². The number of carbonyl (C=O) groups is 1. The third-order valence-electron chi connectivity index (χ3n) is 5.41. The summed E-state index contributed by atoms with van der Waals surface area (Å²) in [5, 5.41) is 5.75. The number of benzene rings is 2. The zero-order valence-corrected chi connectivity index (χ0v) is 22.5. The van der Waals surface area contributed by atoms with E-state index in [0.717, 1.165) is 0 Å². The molecule has 0 atom stereocenters. The molecule has 12 heteroatoms. The van der Waals surface area contributed by atoms with Gasteiger partial charge >= 0.3 is 6.03 Å². The quantitative estimate of drug-likeness (QED) is 0.376. The molecule has 1 aliphatic heterocycles. The summed E-state index contributed by atoms with van der Waals surface area (Å²) in [7, 11) is 4.25. The fourth-order valence-electron chi connectivity index (χ4n) is 3.29. The van der Waals surface area contributed by atoms with E-state index >= 15 is 0 Å². The average Bonchev–Trinajstić information content (AvgIpc) is 2.99. The summed E-state index contributed by atoms with van der Waals surface area (Å²) in [5.41, 5.74) is 0.395. The first-order chi connectivity index (χ1) is 21.4. The zero-order valence-electron chi connectivity index (χ0n) is 29.0. The van der Waals surface area contributed by atoms with E-state index in [-0.39, 0.29) is 51.1 Å². The van der Waals surface area contributed by atoms with Crippen LogP contribution in [0.2, 0.25) is 10.0 Å². The van der Waals surface area contributed by atoms with Gasteiger partial charge in [0.1, 0.15) is 39.5 Å². The highest BCUT2D eigenvalue weighted by Crippen LogP contribution is 2.44. The first kappa shape index (κ1) is 18.7. The van der Waals surface area contributed by atoms with E-state index in [1.165, 1.54) is 75.8 Å². The first-order valence-electron chi connectivity index (χ1n) is 15.3. The topological polar surface area (TPSA) is 95.1 Å². The molecule has 0 aliphatic carbocycles. The molecule has 0 unspecified atom stereocenters. The smallest absolute Gasteiger partial charge is 0.327 e. The Labute approximate surface area is 243 Å². The molecule has 202 valence electrons. The minimum Gasteiger partial charge on any atom is -0.495 e. The van der Waals surface area contributed by atoms with Crippen molar-refractivity contribution in [1.82, 2.24) is 14.9 Å². The monoisotopic (exact) mass is 567 g/mol. The van der Waals surface area contributed by atoms with Gasteiger partial charge in [-0.15, -0.1) is 0 Å². The Hall–Kier alpha value is -3.47. The molecule has 1 saturated heterocycles. The van der Waals surface area contributed by atoms with E-state index in [9.17, 15) is 4.79 Å². The first-order valence-corrected chi connectivity index (χ1v) is 12.0. The number of anilines is 5. The Morgan fingerprint density at radius 3 is 2.26 bits per heavy atom. The molecule has 0 radical (unpaired) electrons. The van der Waals surface area contributed by atoms with Crippen molar-refractivity contribution in [2.45, 2.75) is 6.92 Å². The van der Waals surface area contributed by atoms with Crippen molar-refractivity contribution in [2.24, 2.45) is 0 Å². The van der Waals surface area contributed by atoms with Gasteiger partial charge in [0.05, 0.1) is 25.4 Å². The fourth-order valence-corrected chi connectivity index (χ4v) is 3.89. The highest BCUT2D eigenvalue weighted by molar-refractivity contribution is 6.41. The zero-order chi connectivity index (χ0) is 34.4. The molecule has 4 rings (SSSR count). The van der Waals surface area contributed by atoms with E-state index in [1.807, 2.05) is 0 Å². The molecule has 1 aromatic heterocycles. The van der Waals surface area contributed by atoms with Crippen LogP contribution in [0.25, 0.3) is 0 Å². The van der Waals surface area contributed by atoms with Crippen molar-refractivity contribution in [2.75, 3.05) is 74.2 Å². The average molecular weight is 569 g/mol. The van der Waals surface area contributed by atoms with Crippen LogP contribution >= 0.6 is 23.2 Å². The van der Waals surface area contributed by atoms with Gasteiger partial charge in [0.2, 0.25) is 0 Å². The lowest BCUT2D eigenvalue weighted by molar-refractivity contribution is 0.258. The van der Waals surface area contributed by atoms with E-state index in [1.54, 1.807) is 0 Å². The molecule has 2 amide bonds. The number of hydrogen-bond donors (Lipinski definition) is 2. The molecule has 0 saturated carbocycles. The minimum atomic E-state index is -2.95. The van der Waals surface area contributed by atoms with Gasteiger partial charge in [0.15, 0.2) is 0 Å². The summed E-state index contributed by atoms with van der Waals surface area (Å²) in [5.74, 6) is 0.890. The third-order valence-corrected chi connectivity index (χ3v) is 6.16. The van der Waals surface area contributed by atoms with Gasteiger partial charge in [-0.3, -0.25) is 4.90 Å². The summed E-state index contributed by atoms with van der Waals surface area (Å²) in [4.78, 5) is 23.6. The Bertz CT molecular complexity index is 1560. The van der Waals surface area contributed by atoms with Gasteiger partial charge in [-0.2, -0.15) is 0 Å². The number of carbonyl (C=O) groups excluding carboxylic acids is 1. The summed E-state index contributed by atoms with van der Waals surface area (Å²) >= 11 is 12.7. The molecule has 0 bridgehead atoms. The van der Waals surface area contributed by atoms with E-state index in [4.69, 9.17) is 43.6 Å². The highest BCUT2D eigenvalue weighted by atomic mass is 35.5. The van der Waals surface area contributed by atoms with Crippen molar-refractivity contribution in [3.8, 4) is 11.5 Å². The number of methoxy groups -OCH3 is 2. The second-order valence-electron chi connectivity index (χ2n) is 7.73. The van der Waals surface area contributed by atoms with E-state index < -0.39 is 32.0 Å². The molecule has 1 aliphatic rings. The molecule has 3 aromatic rings. The van der Waals surface area contributed by atoms with Gasteiger partial charge in [-0.1, -0.05) is 30.1 Å². The number of halogens is 2. The number of nitrogens with one attached hydrogen (secondary N) is 2. The molecule has 10 nitrogen and oxygen atoms in total. The number of nitrogens with zero attached hydrogens (tertiary/aromatic N) is 5. The molecule has 1 fully saturated rings. The van der Waals surface area contributed by atoms with Gasteiger partial charge in [-0.25, -0.2) is 14.8 Å². The third kappa shape index (κ3) is 6.15. The van der Waals surface area contributed by atoms with Gasteiger partial charge in [0, 0.05) is 62.0 Å². The van der Waals surface area contributed by atoms with Gasteiger partial charge in [0.25, 0.3) is 0 Å². The van der Waals surface area contributed by atoms with Crippen LogP contribution in [0.4, 0.5) is 33.5 Å². The molecular weight excluding hydrogens is 529 g/mol. The number of hydrogen-bond acceptors (Lipinski definition) is 8. The Morgan fingerprint density at radius 2 is 1.68 bits per heavy atom. The second-order valence-corrected chi connectivity index (χ2v) is 8.49. The van der Waals surface area contributed by atoms with Gasteiger partial charge < -0.3 is 29.9 Å². The van der Waals surface area contributed by atoms with Crippen molar-refractivity contribution >= 4 is 57.9 Å². The van der Waals surface area contributed by atoms with Crippen LogP contribution in [0.5, 0.6) is 11.5 Å². The second kappa shape index (κ2) is 12.4. The predicted molar refractivity (Wildman–Crippen MR) is 153 cm³/mol. The number of amides is 2. The normalized spacial score (nSPS) is 22.1. The molecule has 0 spiro atoms. The number of piperazine rings is 1. The Morgan fingerprint density at radius 1 is 1.05 bits per heavy atom. The summed E-state index contributed by atoms with van der Waals surface area (Å²) in [6.07, 6.45) is 1.21. The van der Waals surface area contributed by atoms with Crippen LogP contribution in [-0.4, -0.2) is 74.7 Å². The maximum atomic E-state index is 13.1. The number of urea groups is 1. The van der Waals surface area contributed by atoms with Crippen LogP contribution in [0, 0.1) is 0 Å². The number of ether oxygens (including phenoxy) is 2. The fraction of sp³-hybridized carbons (Fsp3) is 0.346. The van der Waals surface area contributed by atoms with Crippen LogP contribution < -0.4 is 29.9 Å². The standard InChI is InChI=1S/C26H31Cl2N7O3/c1-5-34-10-12-35(13-11-34)18-8-6-17(7-9-18)31-21-15-22(30-16-29-21)33(2)26(36)32-25-23(27)19(37-3)14-20(38-4)24(25)28/h6-9,14-16H,5,10-13H2,1-4H3,(H,32,36)(H,29,30,31)/i10D2,11D2,12D2,13D2. The Kier molecular flexibility index (Phi) is 6.10. The molecular formula is C26H31Cl2N7O3. The SMILES string of the molecule is [2H]C1([2H])N(CC)C([2H])([2H])C([2H])([2H])N(c2ccc(Nc3cc(N(C)C(=O)Nc4c(Cl)c(OC)cc(OC)c4Cl)ncn3)cc2)C1([2H])[2H]. The molecule has 38 heavy (non-hydrogen) atoms. The summed E-state index contributed by atoms with van der Waals surface area (Å²) in [6, 6.07) is 7.90. The largest absolute Gasteiger partial charge is 0.495 e. The maximum Gasteiger partial charge on any atom is 0.327 e. The molecule has 2 N–H and O–H groups in total. The number of likely N-dealkylation sites (N-methyl/N-ethyl adjacent to an activating group) is 1. The summed E-state index contributed by atoms with van der Waals surface area (Å²) in [6.45, 7) is -10.5. The van der Waals surface area contributed by atoms with Crippen LogP contribution in [0.1, 0.15) is 17.9 Å². The predicted octanol–water partition coefficient (Wildman–Crippen LogP) is 5.35. The highest BCUT2D eigenvalue weighted by Gasteiger charge is 2.22. The number of aromatic nitrogens is 2. The van der Waals surface area contributed by atoms with Crippen LogP contribution in [0.15, 0.2) is 42.7 Å². The molecule has 2 heterocycles. The lowest BCUT2D eigenvalue weighted by Gasteiger charge is -2.35. The van der Waals surface area contributed by atoms with E-state index in [2.05, 4.69) is 20.6 Å². The van der Waals surface area contributed by atoms with E-state index in [0.29, 0.717) is 15.5 Å². The van der Waals surface area contributed by atoms with Crippen LogP contribution in [0.3, 0.4) is 0 Å². The van der Waals surface area contributed by atoms with Crippen molar-refractivity contribution in [3.05, 3.63) is 52.8 Å². The summed E-state index contributed by atoms with van der Waals surface area (Å²) < 4.78 is 78.1. The maximum absolute atomic E-state index is 13.1. The molecule has 2 aromatic carbocycles. The van der Waals surface area contributed by atoms with Gasteiger partial charge in [-0.05, 0) is 30.8 Å². The lowest BCUT2D eigenvalue weighted by Crippen LogP contribution is -2.46. The van der Waals surface area contributed by atoms with Crippen molar-refractivity contribution < 1.29 is 25.2 Å². The Balaban J connectivity index is 1.56. The number of rotatable bonds is 8. The van der Waals surface area contributed by atoms with Crippen molar-refractivity contribution in [1.29, 1.82) is 0 Å². The lowest BCUT2D eigenvalue weighted by atomic mass is 10.2.